The standard InChI is InChI=1S/C23H21ClN6OS/c1-3-31-20-10-19-16(9-18(20)26)22(14(11-25)12-28-19)30-15-4-5-21(17(24)8-15)32-23-27-7-6-13(2)29-23/h4-12,25H,3,26H2,1-2H3,(H,28,30). The van der Waals surface area contributed by atoms with Gasteiger partial charge in [0.25, 0.3) is 0 Å². The molecule has 162 valence electrons. The van der Waals surface area contributed by atoms with Crippen LogP contribution in [0.4, 0.5) is 17.1 Å². The van der Waals surface area contributed by atoms with E-state index in [1.807, 2.05) is 50.2 Å². The van der Waals surface area contributed by atoms with Crippen LogP contribution in [0, 0.1) is 12.3 Å². The second-order valence-corrected chi connectivity index (χ2v) is 8.34. The van der Waals surface area contributed by atoms with Crippen molar-refractivity contribution in [2.75, 3.05) is 17.7 Å². The van der Waals surface area contributed by atoms with Gasteiger partial charge in [-0.3, -0.25) is 4.98 Å². The highest BCUT2D eigenvalue weighted by Gasteiger charge is 2.13. The number of ether oxygens (including phenoxy) is 1. The molecule has 2 heterocycles. The lowest BCUT2D eigenvalue weighted by atomic mass is 10.1. The number of hydrogen-bond acceptors (Lipinski definition) is 8. The predicted molar refractivity (Wildman–Crippen MR) is 131 cm³/mol. The normalized spacial score (nSPS) is 10.8. The molecule has 9 heteroatoms. The first-order chi connectivity index (χ1) is 15.5. The maximum Gasteiger partial charge on any atom is 0.192 e. The van der Waals surface area contributed by atoms with E-state index in [0.717, 1.165) is 27.4 Å². The Kier molecular flexibility index (Phi) is 6.43. The van der Waals surface area contributed by atoms with E-state index in [9.17, 15) is 0 Å². The fraction of sp³-hybridized carbons (Fsp3) is 0.130. The lowest BCUT2D eigenvalue weighted by molar-refractivity contribution is 0.342. The van der Waals surface area contributed by atoms with Gasteiger partial charge in [0.2, 0.25) is 0 Å². The van der Waals surface area contributed by atoms with Crippen LogP contribution in [0.3, 0.4) is 0 Å². The van der Waals surface area contributed by atoms with Gasteiger partial charge >= 0.3 is 0 Å². The molecule has 32 heavy (non-hydrogen) atoms. The molecule has 4 aromatic rings. The molecule has 2 aromatic heterocycles. The maximum absolute atomic E-state index is 7.80. The number of anilines is 3. The van der Waals surface area contributed by atoms with Crippen molar-refractivity contribution in [3.05, 3.63) is 65.1 Å². The van der Waals surface area contributed by atoms with Crippen LogP contribution in [0.5, 0.6) is 5.75 Å². The second-order valence-electron chi connectivity index (χ2n) is 6.93. The number of nitrogens with two attached hydrogens (primary N) is 1. The van der Waals surface area contributed by atoms with E-state index in [4.69, 9.17) is 27.5 Å². The highest BCUT2D eigenvalue weighted by Crippen LogP contribution is 2.37. The van der Waals surface area contributed by atoms with Gasteiger partial charge in [0, 0.05) is 51.9 Å². The number of pyridine rings is 1. The summed E-state index contributed by atoms with van der Waals surface area (Å²) in [7, 11) is 0. The van der Waals surface area contributed by atoms with Crippen molar-refractivity contribution in [1.82, 2.24) is 15.0 Å². The van der Waals surface area contributed by atoms with Crippen molar-refractivity contribution in [3.8, 4) is 5.75 Å². The summed E-state index contributed by atoms with van der Waals surface area (Å²) in [4.78, 5) is 14.0. The average molecular weight is 465 g/mol. The van der Waals surface area contributed by atoms with Gasteiger partial charge in [-0.2, -0.15) is 0 Å². The van der Waals surface area contributed by atoms with E-state index in [-0.39, 0.29) is 0 Å². The third-order valence-corrected chi connectivity index (χ3v) is 6.04. The molecule has 0 radical (unpaired) electrons. The second kappa shape index (κ2) is 9.42. The number of nitrogen functional groups attached to an aromatic ring is 1. The summed E-state index contributed by atoms with van der Waals surface area (Å²) < 4.78 is 5.58. The van der Waals surface area contributed by atoms with E-state index >= 15 is 0 Å². The zero-order valence-corrected chi connectivity index (χ0v) is 19.1. The van der Waals surface area contributed by atoms with Crippen LogP contribution >= 0.6 is 23.4 Å². The zero-order valence-electron chi connectivity index (χ0n) is 17.5. The molecule has 0 bridgehead atoms. The van der Waals surface area contributed by atoms with Crippen LogP contribution < -0.4 is 15.8 Å². The van der Waals surface area contributed by atoms with E-state index in [1.165, 1.54) is 18.0 Å². The van der Waals surface area contributed by atoms with Crippen LogP contribution in [0.2, 0.25) is 5.02 Å². The summed E-state index contributed by atoms with van der Waals surface area (Å²) in [5, 5.41) is 13.2. The van der Waals surface area contributed by atoms with Gasteiger partial charge < -0.3 is 21.2 Å². The molecule has 0 spiro atoms. The molecule has 0 aliphatic heterocycles. The van der Waals surface area contributed by atoms with Gasteiger partial charge in [0.15, 0.2) is 5.16 Å². The zero-order chi connectivity index (χ0) is 22.7. The number of nitrogens with zero attached hydrogens (tertiary/aromatic N) is 3. The number of fused-ring (bicyclic) bond motifs is 1. The molecule has 2 aromatic carbocycles. The van der Waals surface area contributed by atoms with Crippen LogP contribution in [0.25, 0.3) is 10.9 Å². The molecule has 0 atom stereocenters. The third kappa shape index (κ3) is 4.61. The lowest BCUT2D eigenvalue weighted by Crippen LogP contribution is -2.01. The Morgan fingerprint density at radius 1 is 1.22 bits per heavy atom. The number of halogens is 1. The summed E-state index contributed by atoms with van der Waals surface area (Å²) in [6.07, 6.45) is 4.62. The van der Waals surface area contributed by atoms with Gasteiger partial charge in [-0.15, -0.1) is 0 Å². The summed E-state index contributed by atoms with van der Waals surface area (Å²) in [5.41, 5.74) is 10.4. The average Bonchev–Trinajstić information content (AvgIpc) is 2.77. The summed E-state index contributed by atoms with van der Waals surface area (Å²) in [6, 6.07) is 11.1. The van der Waals surface area contributed by atoms with Gasteiger partial charge in [0.1, 0.15) is 5.75 Å². The molecule has 4 rings (SSSR count). The van der Waals surface area contributed by atoms with Gasteiger partial charge in [0.05, 0.1) is 28.5 Å². The topological polar surface area (TPSA) is 110 Å². The Hall–Kier alpha value is -3.36. The number of aryl methyl sites for hydroxylation is 1. The van der Waals surface area contributed by atoms with Crippen LogP contribution in [0.1, 0.15) is 18.2 Å². The first-order valence-electron chi connectivity index (χ1n) is 9.88. The van der Waals surface area contributed by atoms with E-state index in [2.05, 4.69) is 20.3 Å². The quantitative estimate of drug-likeness (QED) is 0.178. The van der Waals surface area contributed by atoms with Crippen molar-refractivity contribution < 1.29 is 4.74 Å². The summed E-state index contributed by atoms with van der Waals surface area (Å²) >= 11 is 7.95. The fourth-order valence-electron chi connectivity index (χ4n) is 3.16. The molecular weight excluding hydrogens is 444 g/mol. The van der Waals surface area contributed by atoms with Gasteiger partial charge in [-0.05, 0) is 55.9 Å². The Labute approximate surface area is 194 Å². The Balaban J connectivity index is 1.68. The number of hydrogen-bond donors (Lipinski definition) is 3. The van der Waals surface area contributed by atoms with Crippen molar-refractivity contribution in [2.24, 2.45) is 0 Å². The summed E-state index contributed by atoms with van der Waals surface area (Å²) in [5.74, 6) is 0.587. The van der Waals surface area contributed by atoms with E-state index < -0.39 is 0 Å². The third-order valence-electron chi connectivity index (χ3n) is 4.66. The molecule has 0 fully saturated rings. The van der Waals surface area contributed by atoms with Crippen LogP contribution in [-0.2, 0) is 0 Å². The summed E-state index contributed by atoms with van der Waals surface area (Å²) in [6.45, 7) is 4.33. The van der Waals surface area contributed by atoms with Crippen molar-refractivity contribution in [3.63, 3.8) is 0 Å². The van der Waals surface area contributed by atoms with Crippen molar-refractivity contribution >= 4 is 57.5 Å². The van der Waals surface area contributed by atoms with Gasteiger partial charge in [-0.25, -0.2) is 9.97 Å². The Morgan fingerprint density at radius 3 is 2.78 bits per heavy atom. The largest absolute Gasteiger partial charge is 0.492 e. The number of aromatic nitrogens is 3. The lowest BCUT2D eigenvalue weighted by Gasteiger charge is -2.15. The maximum atomic E-state index is 7.80. The molecule has 0 aliphatic rings. The number of benzene rings is 2. The number of rotatable bonds is 7. The molecule has 0 amide bonds. The Bertz CT molecular complexity index is 1310. The smallest absolute Gasteiger partial charge is 0.192 e. The van der Waals surface area contributed by atoms with Crippen LogP contribution in [0.15, 0.2) is 58.8 Å². The van der Waals surface area contributed by atoms with Crippen molar-refractivity contribution in [2.45, 2.75) is 23.9 Å². The predicted octanol–water partition coefficient (Wildman–Crippen LogP) is 5.86. The highest BCUT2D eigenvalue weighted by molar-refractivity contribution is 7.99. The molecule has 0 unspecified atom stereocenters. The minimum atomic E-state index is 0.509. The molecule has 7 nitrogen and oxygen atoms in total. The molecule has 4 N–H and O–H groups in total. The van der Waals surface area contributed by atoms with Crippen LogP contribution in [-0.4, -0.2) is 27.8 Å². The Morgan fingerprint density at radius 2 is 2.06 bits per heavy atom. The molecule has 0 aliphatic carbocycles. The van der Waals surface area contributed by atoms with Gasteiger partial charge in [-0.1, -0.05) is 11.6 Å². The number of nitrogens with one attached hydrogen (secondary N) is 2. The SMILES string of the molecule is CCOc1cc2ncc(C=N)c(Nc3ccc(Sc4nccc(C)n4)c(Cl)c3)c2cc1N. The first kappa shape index (κ1) is 21.9. The molecular formula is C23H21ClN6OS. The highest BCUT2D eigenvalue weighted by atomic mass is 35.5. The molecule has 0 saturated heterocycles. The first-order valence-corrected chi connectivity index (χ1v) is 11.1. The van der Waals surface area contributed by atoms with Crippen molar-refractivity contribution in [1.29, 1.82) is 5.41 Å². The monoisotopic (exact) mass is 464 g/mol. The minimum absolute atomic E-state index is 0.509. The van der Waals surface area contributed by atoms with E-state index in [0.29, 0.717) is 39.3 Å². The minimum Gasteiger partial charge on any atom is -0.492 e. The van der Waals surface area contributed by atoms with E-state index in [1.54, 1.807) is 12.4 Å². The fourth-order valence-corrected chi connectivity index (χ4v) is 4.25. The molecule has 0 saturated carbocycles.